The van der Waals surface area contributed by atoms with Gasteiger partial charge in [-0.1, -0.05) is 13.8 Å². The van der Waals surface area contributed by atoms with E-state index in [1.807, 2.05) is 88.4 Å². The van der Waals surface area contributed by atoms with E-state index in [2.05, 4.69) is 23.7 Å². The van der Waals surface area contributed by atoms with Gasteiger partial charge in [0.2, 0.25) is 0 Å². The number of carbonyl (C=O) groups is 1. The number of methoxy groups -OCH3 is 1. The summed E-state index contributed by atoms with van der Waals surface area (Å²) in [6.07, 6.45) is 4.54. The fourth-order valence-electron chi connectivity index (χ4n) is 5.25. The van der Waals surface area contributed by atoms with Crippen molar-refractivity contribution in [2.24, 2.45) is 5.41 Å². The zero-order chi connectivity index (χ0) is 31.4. The van der Waals surface area contributed by atoms with E-state index >= 15 is 0 Å². The van der Waals surface area contributed by atoms with Gasteiger partial charge in [0.25, 0.3) is 0 Å². The predicted octanol–water partition coefficient (Wildman–Crippen LogP) is 6.54. The molecule has 1 atom stereocenters. The molecule has 2 aromatic heterocycles. The van der Waals surface area contributed by atoms with Crippen LogP contribution in [0, 0.1) is 12.3 Å². The van der Waals surface area contributed by atoms with Gasteiger partial charge in [-0.05, 0) is 82.3 Å². The minimum Gasteiger partial charge on any atom is -0.497 e. The minimum absolute atomic E-state index is 0.234. The van der Waals surface area contributed by atoms with Gasteiger partial charge in [0, 0.05) is 54.9 Å². The Morgan fingerprint density at radius 3 is 2.26 bits per heavy atom. The third-order valence-electron chi connectivity index (χ3n) is 7.88. The molecule has 232 valence electrons. The van der Waals surface area contributed by atoms with E-state index in [1.54, 1.807) is 7.11 Å². The van der Waals surface area contributed by atoms with Crippen LogP contribution in [0.1, 0.15) is 64.8 Å². The molecular weight excluding hydrogens is 544 g/mol. The Morgan fingerprint density at radius 1 is 1.05 bits per heavy atom. The van der Waals surface area contributed by atoms with Gasteiger partial charge in [-0.2, -0.15) is 0 Å². The summed E-state index contributed by atoms with van der Waals surface area (Å²) in [5, 5.41) is 10.3. The number of anilines is 2. The highest BCUT2D eigenvalue weighted by atomic mass is 16.5. The van der Waals surface area contributed by atoms with Crippen LogP contribution in [0.15, 0.2) is 48.8 Å². The Balaban J connectivity index is 1.62. The van der Waals surface area contributed by atoms with Crippen LogP contribution in [0.25, 0.3) is 11.1 Å². The van der Waals surface area contributed by atoms with Gasteiger partial charge in [-0.3, -0.25) is 4.98 Å². The van der Waals surface area contributed by atoms with Gasteiger partial charge in [-0.25, -0.2) is 9.78 Å². The fourth-order valence-corrected chi connectivity index (χ4v) is 5.25. The Kier molecular flexibility index (Phi) is 9.85. The molecule has 1 aliphatic heterocycles. The molecule has 43 heavy (non-hydrogen) atoms. The second-order valence-corrected chi connectivity index (χ2v) is 13.0. The maximum Gasteiger partial charge on any atom is 0.337 e. The lowest BCUT2D eigenvalue weighted by Crippen LogP contribution is -2.39. The molecule has 1 N–H and O–H groups in total. The topological polar surface area (TPSA) is 97.2 Å². The zero-order valence-electron chi connectivity index (χ0n) is 26.8. The van der Waals surface area contributed by atoms with Crippen molar-refractivity contribution in [3.63, 3.8) is 0 Å². The molecule has 0 bridgehead atoms. The molecule has 0 aliphatic carbocycles. The lowest BCUT2D eigenvalue weighted by molar-refractivity contribution is -0.160. The molecule has 0 amide bonds. The molecule has 1 fully saturated rings. The van der Waals surface area contributed by atoms with Crippen molar-refractivity contribution in [3.8, 4) is 22.6 Å². The summed E-state index contributed by atoms with van der Waals surface area (Å²) < 4.78 is 17.2. The molecule has 0 spiro atoms. The van der Waals surface area contributed by atoms with Gasteiger partial charge in [0.1, 0.15) is 23.9 Å². The molecule has 1 aromatic carbocycles. The first-order valence-corrected chi connectivity index (χ1v) is 14.9. The number of hydrogen-bond acceptors (Lipinski definition) is 8. The number of aromatic nitrogens is 2. The number of pyridine rings is 2. The summed E-state index contributed by atoms with van der Waals surface area (Å²) in [4.78, 5) is 26.4. The van der Waals surface area contributed by atoms with Gasteiger partial charge < -0.3 is 29.1 Å². The van der Waals surface area contributed by atoms with E-state index in [1.165, 1.54) is 0 Å². The molecule has 3 aromatic rings. The summed E-state index contributed by atoms with van der Waals surface area (Å²) in [5.41, 5.74) is 3.44. The van der Waals surface area contributed by atoms with Crippen LogP contribution < -0.4 is 19.3 Å². The van der Waals surface area contributed by atoms with Gasteiger partial charge >= 0.3 is 5.97 Å². The summed E-state index contributed by atoms with van der Waals surface area (Å²) >= 11 is 0. The summed E-state index contributed by atoms with van der Waals surface area (Å²) in [5.74, 6) is 1.35. The number of aryl methyl sites for hydroxylation is 1. The Morgan fingerprint density at radius 2 is 1.70 bits per heavy atom. The molecule has 3 heterocycles. The first-order chi connectivity index (χ1) is 20.3. The van der Waals surface area contributed by atoms with Crippen molar-refractivity contribution in [3.05, 3.63) is 60.0 Å². The quantitative estimate of drug-likeness (QED) is 0.267. The highest BCUT2D eigenvalue weighted by molar-refractivity contribution is 5.86. The Hall–Kier alpha value is -3.85. The van der Waals surface area contributed by atoms with E-state index in [9.17, 15) is 9.90 Å². The van der Waals surface area contributed by atoms with Crippen molar-refractivity contribution in [2.75, 3.05) is 50.2 Å². The van der Waals surface area contributed by atoms with Crippen LogP contribution in [-0.4, -0.2) is 67.0 Å². The van der Waals surface area contributed by atoms with Gasteiger partial charge in [-0.15, -0.1) is 0 Å². The minimum atomic E-state index is -1.15. The van der Waals surface area contributed by atoms with Crippen molar-refractivity contribution in [1.82, 2.24) is 9.97 Å². The lowest BCUT2D eigenvalue weighted by Gasteiger charge is -2.41. The van der Waals surface area contributed by atoms with Crippen molar-refractivity contribution >= 4 is 17.5 Å². The number of carboxylic acids is 1. The van der Waals surface area contributed by atoms with Crippen LogP contribution in [0.3, 0.4) is 0 Å². The molecule has 0 saturated carbocycles. The van der Waals surface area contributed by atoms with Crippen LogP contribution >= 0.6 is 0 Å². The molecule has 1 saturated heterocycles. The first-order valence-electron chi connectivity index (χ1n) is 14.9. The van der Waals surface area contributed by atoms with Crippen LogP contribution in [0.2, 0.25) is 0 Å². The van der Waals surface area contributed by atoms with Crippen molar-refractivity contribution in [2.45, 2.75) is 66.1 Å². The van der Waals surface area contributed by atoms with E-state index < -0.39 is 17.7 Å². The largest absolute Gasteiger partial charge is 0.497 e. The third kappa shape index (κ3) is 8.16. The van der Waals surface area contributed by atoms with Crippen LogP contribution in [0.4, 0.5) is 11.5 Å². The number of likely N-dealkylation sites (N-methyl/N-ethyl adjacent to an activating group) is 1. The maximum atomic E-state index is 12.6. The molecule has 0 radical (unpaired) electrons. The van der Waals surface area contributed by atoms with Crippen LogP contribution in [0.5, 0.6) is 11.5 Å². The van der Waals surface area contributed by atoms with E-state index in [-0.39, 0.29) is 5.41 Å². The SMILES string of the molecule is COc1ccc(OCCN(C)c2ccc(-c3cnc(C)c([C@H](OC(C)(C)C)C(=O)O)c3N3CCC(C)(C)CC3)cn2)cc1. The van der Waals surface area contributed by atoms with E-state index in [4.69, 9.17) is 19.2 Å². The first kappa shape index (κ1) is 32.1. The van der Waals surface area contributed by atoms with E-state index in [0.717, 1.165) is 60.1 Å². The lowest BCUT2D eigenvalue weighted by atomic mass is 9.82. The third-order valence-corrected chi connectivity index (χ3v) is 7.88. The Bertz CT molecular complexity index is 1370. The van der Waals surface area contributed by atoms with E-state index in [0.29, 0.717) is 24.4 Å². The van der Waals surface area contributed by atoms with Crippen LogP contribution in [-0.2, 0) is 9.53 Å². The highest BCUT2D eigenvalue weighted by Gasteiger charge is 2.35. The molecule has 9 nitrogen and oxygen atoms in total. The Labute approximate surface area is 255 Å². The number of aliphatic carboxylic acids is 1. The average Bonchev–Trinajstić information content (AvgIpc) is 2.96. The zero-order valence-corrected chi connectivity index (χ0v) is 26.8. The predicted molar refractivity (Wildman–Crippen MR) is 170 cm³/mol. The van der Waals surface area contributed by atoms with Crippen molar-refractivity contribution in [1.29, 1.82) is 0 Å². The molecular formula is C34H46N4O5. The number of nitrogens with zero attached hydrogens (tertiary/aromatic N) is 4. The monoisotopic (exact) mass is 590 g/mol. The number of benzene rings is 1. The highest BCUT2D eigenvalue weighted by Crippen LogP contribution is 2.43. The standard InChI is InChI=1S/C34H46N4O5/c1-23-29(31(32(39)40)43-33(2,3)4)30(38-17-15-34(5,6)16-18-38)27(22-35-23)24-9-14-28(36-21-24)37(7)19-20-42-26-12-10-25(41-8)11-13-26/h9-14,21-22,31H,15-20H2,1-8H3,(H,39,40)/t31-/m0/s1. The molecule has 0 unspecified atom stereocenters. The maximum absolute atomic E-state index is 12.6. The number of hydrogen-bond donors (Lipinski definition) is 1. The second-order valence-electron chi connectivity index (χ2n) is 13.0. The molecule has 9 heteroatoms. The smallest absolute Gasteiger partial charge is 0.337 e. The molecule has 4 rings (SSSR count). The fraction of sp³-hybridized carbons (Fsp3) is 0.500. The number of piperidine rings is 1. The number of ether oxygens (including phenoxy) is 3. The summed E-state index contributed by atoms with van der Waals surface area (Å²) in [6.45, 7) is 14.8. The molecule has 1 aliphatic rings. The summed E-state index contributed by atoms with van der Waals surface area (Å²) in [6, 6.07) is 11.5. The normalized spacial score (nSPS) is 15.6. The van der Waals surface area contributed by atoms with Gasteiger partial charge in [0.05, 0.1) is 24.9 Å². The number of rotatable bonds is 11. The second kappa shape index (κ2) is 13.2. The summed E-state index contributed by atoms with van der Waals surface area (Å²) in [7, 11) is 3.62. The number of carboxylic acid groups (broad SMARTS) is 1. The van der Waals surface area contributed by atoms with Crippen molar-refractivity contribution < 1.29 is 24.1 Å². The average molecular weight is 591 g/mol. The van der Waals surface area contributed by atoms with Gasteiger partial charge in [0.15, 0.2) is 6.10 Å².